The van der Waals surface area contributed by atoms with Crippen molar-refractivity contribution in [2.24, 2.45) is 0 Å². The van der Waals surface area contributed by atoms with Crippen LogP contribution in [0.15, 0.2) is 30.4 Å². The number of amides is 2. The average molecular weight is 323 g/mol. The van der Waals surface area contributed by atoms with Gasteiger partial charge in [0.2, 0.25) is 0 Å². The molecule has 0 fully saturated rings. The molecule has 2 rings (SSSR count). The van der Waals surface area contributed by atoms with E-state index in [-0.39, 0.29) is 6.07 Å². The van der Waals surface area contributed by atoms with Gasteiger partial charge in [0.05, 0.1) is 17.7 Å². The Kier molecular flexibility index (Phi) is 3.76. The summed E-state index contributed by atoms with van der Waals surface area (Å²) in [6.45, 7) is -0.669. The quantitative estimate of drug-likeness (QED) is 0.619. The first-order valence-corrected chi connectivity index (χ1v) is 5.80. The average Bonchev–Trinajstić information content (AvgIpc) is 2.68. The summed E-state index contributed by atoms with van der Waals surface area (Å²) in [7, 11) is 0. The Morgan fingerprint density at radius 1 is 0.773 bits per heavy atom. The molecule has 0 aliphatic carbocycles. The Morgan fingerprint density at radius 3 is 1.55 bits per heavy atom. The molecule has 118 valence electrons. The van der Waals surface area contributed by atoms with Gasteiger partial charge in [0.1, 0.15) is 0 Å². The number of hydrogen-bond acceptors (Lipinski definition) is 2. The third-order valence-electron chi connectivity index (χ3n) is 2.89. The lowest BCUT2D eigenvalue weighted by molar-refractivity contribution is -0.143. The molecule has 2 amide bonds. The zero-order valence-corrected chi connectivity index (χ0v) is 10.6. The minimum Gasteiger partial charge on any atom is -0.271 e. The fourth-order valence-corrected chi connectivity index (χ4v) is 1.88. The molecular weight excluding hydrogens is 316 g/mol. The van der Waals surface area contributed by atoms with Gasteiger partial charge in [-0.3, -0.25) is 14.5 Å². The molecule has 0 bridgehead atoms. The van der Waals surface area contributed by atoms with Crippen molar-refractivity contribution < 1.29 is 35.9 Å². The molecule has 0 atom stereocenters. The zero-order valence-electron chi connectivity index (χ0n) is 10.6. The van der Waals surface area contributed by atoms with E-state index in [9.17, 15) is 35.9 Å². The van der Waals surface area contributed by atoms with Gasteiger partial charge in [0, 0.05) is 12.2 Å². The predicted octanol–water partition coefficient (Wildman–Crippen LogP) is 3.15. The van der Waals surface area contributed by atoms with E-state index in [2.05, 4.69) is 0 Å². The molecule has 1 aromatic rings. The van der Waals surface area contributed by atoms with Crippen LogP contribution in [-0.4, -0.2) is 16.7 Å². The summed E-state index contributed by atoms with van der Waals surface area (Å²) in [6.07, 6.45) is -8.18. The van der Waals surface area contributed by atoms with Crippen LogP contribution in [0.5, 0.6) is 0 Å². The SMILES string of the molecule is O=C1C=CC(=O)N1Cc1cc(C(F)(F)F)cc(C(F)(F)F)c1. The highest BCUT2D eigenvalue weighted by atomic mass is 19.4. The van der Waals surface area contributed by atoms with E-state index in [1.165, 1.54) is 0 Å². The van der Waals surface area contributed by atoms with Crippen molar-refractivity contribution in [2.75, 3.05) is 0 Å². The highest BCUT2D eigenvalue weighted by Gasteiger charge is 2.37. The molecule has 1 aliphatic rings. The summed E-state index contributed by atoms with van der Waals surface area (Å²) in [5.41, 5.74) is -3.43. The summed E-state index contributed by atoms with van der Waals surface area (Å²) in [5, 5.41) is 0. The van der Waals surface area contributed by atoms with Crippen LogP contribution in [-0.2, 0) is 28.5 Å². The molecule has 22 heavy (non-hydrogen) atoms. The highest BCUT2D eigenvalue weighted by molar-refractivity contribution is 6.12. The van der Waals surface area contributed by atoms with Crippen molar-refractivity contribution in [1.29, 1.82) is 0 Å². The van der Waals surface area contributed by atoms with Gasteiger partial charge in [-0.05, 0) is 23.8 Å². The van der Waals surface area contributed by atoms with Crippen LogP contribution >= 0.6 is 0 Å². The summed E-state index contributed by atoms with van der Waals surface area (Å²) in [4.78, 5) is 23.2. The first-order chi connectivity index (χ1) is 9.98. The van der Waals surface area contributed by atoms with Gasteiger partial charge in [0.15, 0.2) is 0 Å². The fourth-order valence-electron chi connectivity index (χ4n) is 1.88. The minimum atomic E-state index is -4.98. The lowest BCUT2D eigenvalue weighted by atomic mass is 10.0. The molecule has 1 aliphatic heterocycles. The molecule has 1 aromatic carbocycles. The molecule has 0 unspecified atom stereocenters. The van der Waals surface area contributed by atoms with Crippen molar-refractivity contribution in [3.63, 3.8) is 0 Å². The highest BCUT2D eigenvalue weighted by Crippen LogP contribution is 2.36. The van der Waals surface area contributed by atoms with Gasteiger partial charge in [0.25, 0.3) is 11.8 Å². The molecule has 0 N–H and O–H groups in total. The Bertz CT molecular complexity index is 609. The summed E-state index contributed by atoms with van der Waals surface area (Å²) >= 11 is 0. The maximum Gasteiger partial charge on any atom is 0.416 e. The van der Waals surface area contributed by atoms with Gasteiger partial charge in [-0.15, -0.1) is 0 Å². The van der Waals surface area contributed by atoms with E-state index in [0.29, 0.717) is 17.0 Å². The molecular formula is C13H7F6NO2. The molecule has 0 saturated heterocycles. The Balaban J connectivity index is 2.43. The number of imide groups is 1. The second kappa shape index (κ2) is 5.15. The van der Waals surface area contributed by atoms with Gasteiger partial charge < -0.3 is 0 Å². The van der Waals surface area contributed by atoms with Gasteiger partial charge in [-0.1, -0.05) is 0 Å². The summed E-state index contributed by atoms with van der Waals surface area (Å²) in [5.74, 6) is -1.59. The first-order valence-electron chi connectivity index (χ1n) is 5.80. The predicted molar refractivity (Wildman–Crippen MR) is 61.1 cm³/mol. The van der Waals surface area contributed by atoms with Gasteiger partial charge >= 0.3 is 12.4 Å². The van der Waals surface area contributed by atoms with Crippen molar-refractivity contribution in [2.45, 2.75) is 18.9 Å². The van der Waals surface area contributed by atoms with Gasteiger partial charge in [-0.25, -0.2) is 0 Å². The van der Waals surface area contributed by atoms with Crippen LogP contribution < -0.4 is 0 Å². The molecule has 0 spiro atoms. The molecule has 9 heteroatoms. The Hall–Kier alpha value is -2.32. The summed E-state index contributed by atoms with van der Waals surface area (Å²) < 4.78 is 76.1. The number of hydrogen-bond donors (Lipinski definition) is 0. The Labute approximate surface area is 119 Å². The number of nitrogens with zero attached hydrogens (tertiary/aromatic N) is 1. The van der Waals surface area contributed by atoms with Crippen LogP contribution in [0.3, 0.4) is 0 Å². The first kappa shape index (κ1) is 16.1. The lowest BCUT2D eigenvalue weighted by Gasteiger charge is -2.17. The van der Waals surface area contributed by atoms with Crippen LogP contribution in [0.1, 0.15) is 16.7 Å². The number of alkyl halides is 6. The third-order valence-corrected chi connectivity index (χ3v) is 2.89. The van der Waals surface area contributed by atoms with Crippen molar-refractivity contribution in [3.8, 4) is 0 Å². The van der Waals surface area contributed by atoms with E-state index >= 15 is 0 Å². The van der Waals surface area contributed by atoms with E-state index < -0.39 is 47.4 Å². The van der Waals surface area contributed by atoms with Crippen molar-refractivity contribution in [3.05, 3.63) is 47.0 Å². The Morgan fingerprint density at radius 2 is 1.18 bits per heavy atom. The minimum absolute atomic E-state index is 0.0185. The van der Waals surface area contributed by atoms with E-state index in [4.69, 9.17) is 0 Å². The molecule has 3 nitrogen and oxygen atoms in total. The maximum atomic E-state index is 12.7. The third kappa shape index (κ3) is 3.29. The molecule has 0 saturated carbocycles. The zero-order chi connectivity index (χ0) is 16.7. The number of benzene rings is 1. The normalized spacial score (nSPS) is 15.8. The van der Waals surface area contributed by atoms with E-state index in [1.807, 2.05) is 0 Å². The fraction of sp³-hybridized carbons (Fsp3) is 0.231. The second-order valence-corrected chi connectivity index (χ2v) is 4.51. The van der Waals surface area contributed by atoms with E-state index in [1.54, 1.807) is 0 Å². The van der Waals surface area contributed by atoms with Crippen molar-refractivity contribution in [1.82, 2.24) is 4.90 Å². The maximum absolute atomic E-state index is 12.7. The number of carbonyl (C=O) groups is 2. The van der Waals surface area contributed by atoms with Crippen molar-refractivity contribution >= 4 is 11.8 Å². The largest absolute Gasteiger partial charge is 0.416 e. The van der Waals surface area contributed by atoms with E-state index in [0.717, 1.165) is 12.2 Å². The standard InChI is InChI=1S/C13H7F6NO2/c14-12(15,16)8-3-7(4-9(5-8)13(17,18)19)6-20-10(21)1-2-11(20)22/h1-5H,6H2. The number of carbonyl (C=O) groups excluding carboxylic acids is 2. The number of rotatable bonds is 2. The molecule has 0 aromatic heterocycles. The van der Waals surface area contributed by atoms with Crippen LogP contribution in [0, 0.1) is 0 Å². The van der Waals surface area contributed by atoms with Crippen LogP contribution in [0.4, 0.5) is 26.3 Å². The molecule has 1 heterocycles. The smallest absolute Gasteiger partial charge is 0.271 e. The lowest BCUT2D eigenvalue weighted by Crippen LogP contribution is -2.29. The number of halogens is 6. The second-order valence-electron chi connectivity index (χ2n) is 4.51. The summed E-state index contributed by atoms with van der Waals surface area (Å²) in [6, 6.07) is 0.942. The van der Waals surface area contributed by atoms with Crippen LogP contribution in [0.2, 0.25) is 0 Å². The van der Waals surface area contributed by atoms with Gasteiger partial charge in [-0.2, -0.15) is 26.3 Å². The molecule has 0 radical (unpaired) electrons. The monoisotopic (exact) mass is 323 g/mol. The topological polar surface area (TPSA) is 37.4 Å². The van der Waals surface area contributed by atoms with Crippen LogP contribution in [0.25, 0.3) is 0 Å².